The quantitative estimate of drug-likeness (QED) is 0.766. The van der Waals surface area contributed by atoms with Crippen LogP contribution in [0.15, 0.2) is 41.1 Å². The molecule has 1 aliphatic heterocycles. The number of aromatic nitrogens is 2. The highest BCUT2D eigenvalue weighted by molar-refractivity contribution is 5.92. The summed E-state index contributed by atoms with van der Waals surface area (Å²) in [7, 11) is 0. The second kappa shape index (κ2) is 7.36. The number of carbonyl (C=O) groups excluding carboxylic acids is 1. The second-order valence-electron chi connectivity index (χ2n) is 6.98. The fourth-order valence-electron chi connectivity index (χ4n) is 3.48. The lowest BCUT2D eigenvalue weighted by atomic mass is 10.1. The SMILES string of the molecule is Cc1ccc2nccc(N3CCN(CC(=O)Nc4cc(C)on4)CC3)c2c1. The van der Waals surface area contributed by atoms with Crippen LogP contribution < -0.4 is 10.2 Å². The van der Waals surface area contributed by atoms with E-state index in [2.05, 4.69) is 56.4 Å². The normalized spacial score (nSPS) is 15.3. The number of fused-ring (bicyclic) bond motifs is 1. The maximum absolute atomic E-state index is 12.2. The summed E-state index contributed by atoms with van der Waals surface area (Å²) in [6, 6.07) is 10.1. The van der Waals surface area contributed by atoms with Crippen LogP contribution in [0.3, 0.4) is 0 Å². The molecule has 7 nitrogen and oxygen atoms in total. The van der Waals surface area contributed by atoms with Crippen LogP contribution in [0.4, 0.5) is 11.5 Å². The molecule has 3 heterocycles. The predicted octanol–water partition coefficient (Wildman–Crippen LogP) is 2.60. The lowest BCUT2D eigenvalue weighted by Gasteiger charge is -2.36. The molecular formula is C20H23N5O2. The summed E-state index contributed by atoms with van der Waals surface area (Å²) in [5, 5.41) is 7.76. The number of nitrogens with one attached hydrogen (secondary N) is 1. The van der Waals surface area contributed by atoms with E-state index in [4.69, 9.17) is 4.52 Å². The fourth-order valence-corrected chi connectivity index (χ4v) is 3.48. The van der Waals surface area contributed by atoms with Crippen LogP contribution in [0, 0.1) is 13.8 Å². The van der Waals surface area contributed by atoms with E-state index in [0.29, 0.717) is 18.1 Å². The van der Waals surface area contributed by atoms with E-state index < -0.39 is 0 Å². The highest BCUT2D eigenvalue weighted by Gasteiger charge is 2.21. The first-order valence-corrected chi connectivity index (χ1v) is 9.14. The number of carbonyl (C=O) groups is 1. The number of hydrogen-bond donors (Lipinski definition) is 1. The predicted molar refractivity (Wildman–Crippen MR) is 105 cm³/mol. The molecule has 0 unspecified atom stereocenters. The first-order chi connectivity index (χ1) is 13.1. The number of anilines is 2. The summed E-state index contributed by atoms with van der Waals surface area (Å²) >= 11 is 0. The van der Waals surface area contributed by atoms with Crippen molar-refractivity contribution in [2.45, 2.75) is 13.8 Å². The van der Waals surface area contributed by atoms with E-state index in [9.17, 15) is 4.79 Å². The van der Waals surface area contributed by atoms with Crippen molar-refractivity contribution in [3.05, 3.63) is 47.9 Å². The summed E-state index contributed by atoms with van der Waals surface area (Å²) in [5.41, 5.74) is 3.46. The number of pyridine rings is 1. The van der Waals surface area contributed by atoms with Crippen LogP contribution in [0.1, 0.15) is 11.3 Å². The fraction of sp³-hybridized carbons (Fsp3) is 0.350. The lowest BCUT2D eigenvalue weighted by Crippen LogP contribution is -2.48. The molecule has 0 spiro atoms. The van der Waals surface area contributed by atoms with Crippen LogP contribution in [0.25, 0.3) is 10.9 Å². The van der Waals surface area contributed by atoms with Gasteiger partial charge in [0.05, 0.1) is 12.1 Å². The highest BCUT2D eigenvalue weighted by Crippen LogP contribution is 2.27. The van der Waals surface area contributed by atoms with Crippen molar-refractivity contribution in [1.82, 2.24) is 15.0 Å². The van der Waals surface area contributed by atoms with Crippen LogP contribution >= 0.6 is 0 Å². The Balaban J connectivity index is 1.38. The van der Waals surface area contributed by atoms with Gasteiger partial charge in [-0.3, -0.25) is 14.7 Å². The average molecular weight is 365 g/mol. The zero-order valence-electron chi connectivity index (χ0n) is 15.6. The van der Waals surface area contributed by atoms with Gasteiger partial charge in [0.1, 0.15) is 5.76 Å². The van der Waals surface area contributed by atoms with E-state index in [1.807, 2.05) is 6.20 Å². The van der Waals surface area contributed by atoms with Crippen molar-refractivity contribution in [3.8, 4) is 0 Å². The van der Waals surface area contributed by atoms with E-state index in [0.717, 1.165) is 31.7 Å². The van der Waals surface area contributed by atoms with E-state index in [1.165, 1.54) is 16.6 Å². The van der Waals surface area contributed by atoms with Crippen LogP contribution in [0.5, 0.6) is 0 Å². The molecule has 2 aromatic heterocycles. The van der Waals surface area contributed by atoms with Gasteiger partial charge >= 0.3 is 0 Å². The van der Waals surface area contributed by atoms with Gasteiger partial charge in [0.2, 0.25) is 5.91 Å². The summed E-state index contributed by atoms with van der Waals surface area (Å²) in [5.74, 6) is 1.08. The summed E-state index contributed by atoms with van der Waals surface area (Å²) in [4.78, 5) is 21.2. The summed E-state index contributed by atoms with van der Waals surface area (Å²) < 4.78 is 4.97. The Morgan fingerprint density at radius 2 is 1.96 bits per heavy atom. The molecule has 0 atom stereocenters. The number of hydrogen-bond acceptors (Lipinski definition) is 6. The molecule has 7 heteroatoms. The van der Waals surface area contributed by atoms with Crippen molar-refractivity contribution < 1.29 is 9.32 Å². The monoisotopic (exact) mass is 365 g/mol. The van der Waals surface area contributed by atoms with Crippen molar-refractivity contribution in [2.24, 2.45) is 0 Å². The standard InChI is InChI=1S/C20H23N5O2/c1-14-3-4-17-16(11-14)18(5-6-21-17)25-9-7-24(8-10-25)13-20(26)22-19-12-15(2)27-23-19/h3-6,11-12H,7-10,13H2,1-2H3,(H,22,23,26). The smallest absolute Gasteiger partial charge is 0.239 e. The molecule has 0 saturated carbocycles. The summed E-state index contributed by atoms with van der Waals surface area (Å²) in [6.45, 7) is 7.68. The Labute approximate surface area is 157 Å². The molecule has 0 aliphatic carbocycles. The molecule has 1 aromatic carbocycles. The van der Waals surface area contributed by atoms with Gasteiger partial charge in [-0.15, -0.1) is 0 Å². The number of piperazine rings is 1. The number of rotatable bonds is 4. The first kappa shape index (κ1) is 17.5. The van der Waals surface area contributed by atoms with E-state index >= 15 is 0 Å². The molecule has 4 rings (SSSR count). The van der Waals surface area contributed by atoms with Crippen LogP contribution in [-0.2, 0) is 4.79 Å². The summed E-state index contributed by atoms with van der Waals surface area (Å²) in [6.07, 6.45) is 1.87. The molecule has 0 radical (unpaired) electrons. The maximum atomic E-state index is 12.2. The number of aryl methyl sites for hydroxylation is 2. The molecule has 1 aliphatic rings. The number of amides is 1. The van der Waals surface area contributed by atoms with Gasteiger partial charge in [0, 0.05) is 49.5 Å². The molecule has 1 saturated heterocycles. The zero-order chi connectivity index (χ0) is 18.8. The van der Waals surface area contributed by atoms with Gasteiger partial charge in [-0.2, -0.15) is 0 Å². The zero-order valence-corrected chi connectivity index (χ0v) is 15.6. The van der Waals surface area contributed by atoms with E-state index in [1.54, 1.807) is 13.0 Å². The molecule has 0 bridgehead atoms. The lowest BCUT2D eigenvalue weighted by molar-refractivity contribution is -0.117. The number of benzene rings is 1. The highest BCUT2D eigenvalue weighted by atomic mass is 16.5. The van der Waals surface area contributed by atoms with Gasteiger partial charge in [0.15, 0.2) is 5.82 Å². The van der Waals surface area contributed by atoms with Gasteiger partial charge < -0.3 is 14.7 Å². The molecular weight excluding hydrogens is 342 g/mol. The van der Waals surface area contributed by atoms with Crippen molar-refractivity contribution in [2.75, 3.05) is 42.9 Å². The van der Waals surface area contributed by atoms with Gasteiger partial charge in [0.25, 0.3) is 0 Å². The molecule has 1 N–H and O–H groups in total. The Morgan fingerprint density at radius 3 is 2.70 bits per heavy atom. The Hall–Kier alpha value is -2.93. The number of nitrogens with zero attached hydrogens (tertiary/aromatic N) is 4. The first-order valence-electron chi connectivity index (χ1n) is 9.14. The van der Waals surface area contributed by atoms with E-state index in [-0.39, 0.29) is 5.91 Å². The Morgan fingerprint density at radius 1 is 1.15 bits per heavy atom. The minimum atomic E-state index is -0.0678. The van der Waals surface area contributed by atoms with Gasteiger partial charge in [-0.25, -0.2) is 0 Å². The minimum absolute atomic E-state index is 0.0678. The topological polar surface area (TPSA) is 74.5 Å². The molecule has 140 valence electrons. The third-order valence-electron chi connectivity index (χ3n) is 4.85. The van der Waals surface area contributed by atoms with Gasteiger partial charge in [-0.05, 0) is 32.0 Å². The maximum Gasteiger partial charge on any atom is 0.239 e. The third-order valence-corrected chi connectivity index (χ3v) is 4.85. The Bertz CT molecular complexity index is 960. The molecule has 3 aromatic rings. The molecule has 1 amide bonds. The average Bonchev–Trinajstić information content (AvgIpc) is 3.06. The molecule has 1 fully saturated rings. The minimum Gasteiger partial charge on any atom is -0.368 e. The van der Waals surface area contributed by atoms with Crippen LogP contribution in [0.2, 0.25) is 0 Å². The third kappa shape index (κ3) is 3.93. The van der Waals surface area contributed by atoms with Crippen molar-refractivity contribution in [3.63, 3.8) is 0 Å². The van der Waals surface area contributed by atoms with Crippen molar-refractivity contribution >= 4 is 28.3 Å². The second-order valence-corrected chi connectivity index (χ2v) is 6.98. The molecule has 27 heavy (non-hydrogen) atoms. The Kier molecular flexibility index (Phi) is 4.77. The van der Waals surface area contributed by atoms with Gasteiger partial charge in [-0.1, -0.05) is 16.8 Å². The van der Waals surface area contributed by atoms with Crippen LogP contribution in [-0.4, -0.2) is 53.7 Å². The van der Waals surface area contributed by atoms with Crippen molar-refractivity contribution in [1.29, 1.82) is 0 Å². The largest absolute Gasteiger partial charge is 0.368 e.